The highest BCUT2D eigenvalue weighted by molar-refractivity contribution is 9.10. The van der Waals surface area contributed by atoms with Crippen LogP contribution < -0.4 is 5.32 Å². The van der Waals surface area contributed by atoms with Gasteiger partial charge in [0.25, 0.3) is 11.1 Å². The second kappa shape index (κ2) is 8.91. The van der Waals surface area contributed by atoms with Gasteiger partial charge in [-0.05, 0) is 60.3 Å². The maximum absolute atomic E-state index is 13.0. The molecule has 0 saturated carbocycles. The van der Waals surface area contributed by atoms with E-state index in [2.05, 4.69) is 21.2 Å². The van der Waals surface area contributed by atoms with E-state index in [-0.39, 0.29) is 4.91 Å². The summed E-state index contributed by atoms with van der Waals surface area (Å²) in [7, 11) is 0. The zero-order chi connectivity index (χ0) is 22.0. The first-order valence-corrected chi connectivity index (χ1v) is 10.7. The van der Waals surface area contributed by atoms with Crippen LogP contribution in [0.5, 0.6) is 0 Å². The number of amides is 3. The fourth-order valence-electron chi connectivity index (χ4n) is 2.84. The zero-order valence-corrected chi connectivity index (χ0v) is 18.2. The molecule has 31 heavy (non-hydrogen) atoms. The predicted octanol–water partition coefficient (Wildman–Crippen LogP) is 5.52. The summed E-state index contributed by atoms with van der Waals surface area (Å²) in [5, 5.41) is 1.97. The Morgan fingerprint density at radius 2 is 1.77 bits per heavy atom. The molecule has 4 rings (SSSR count). The second-order valence-electron chi connectivity index (χ2n) is 6.53. The van der Waals surface area contributed by atoms with E-state index in [1.165, 1.54) is 30.3 Å². The van der Waals surface area contributed by atoms with E-state index in [1.54, 1.807) is 12.1 Å². The van der Waals surface area contributed by atoms with E-state index in [1.807, 2.05) is 24.3 Å². The number of carbonyl (C=O) groups is 3. The van der Waals surface area contributed by atoms with Crippen LogP contribution in [0.3, 0.4) is 0 Å². The molecule has 2 aromatic carbocycles. The van der Waals surface area contributed by atoms with Crippen molar-refractivity contribution in [3.05, 3.63) is 81.6 Å². The van der Waals surface area contributed by atoms with Gasteiger partial charge in [-0.1, -0.05) is 28.1 Å². The quantitative estimate of drug-likeness (QED) is 0.466. The van der Waals surface area contributed by atoms with Crippen molar-refractivity contribution in [2.75, 3.05) is 11.9 Å². The zero-order valence-electron chi connectivity index (χ0n) is 15.8. The van der Waals surface area contributed by atoms with E-state index >= 15 is 0 Å². The van der Waals surface area contributed by atoms with Gasteiger partial charge in [-0.25, -0.2) is 4.39 Å². The van der Waals surface area contributed by atoms with E-state index in [0.29, 0.717) is 17.2 Å². The van der Waals surface area contributed by atoms with Gasteiger partial charge in [-0.3, -0.25) is 19.3 Å². The molecule has 0 unspecified atom stereocenters. The van der Waals surface area contributed by atoms with Crippen molar-refractivity contribution in [3.63, 3.8) is 0 Å². The Labute approximate surface area is 189 Å². The molecule has 2 heterocycles. The second-order valence-corrected chi connectivity index (χ2v) is 8.44. The highest BCUT2D eigenvalue weighted by Gasteiger charge is 2.36. The molecule has 1 N–H and O–H groups in total. The maximum atomic E-state index is 13.0. The van der Waals surface area contributed by atoms with E-state index < -0.39 is 29.4 Å². The molecule has 0 bridgehead atoms. The van der Waals surface area contributed by atoms with Crippen molar-refractivity contribution in [1.82, 2.24) is 4.90 Å². The van der Waals surface area contributed by atoms with Gasteiger partial charge in [0, 0.05) is 21.8 Å². The van der Waals surface area contributed by atoms with Gasteiger partial charge in [0.1, 0.15) is 23.9 Å². The number of nitrogens with zero attached hydrogens (tertiary/aromatic N) is 1. The third-order valence-electron chi connectivity index (χ3n) is 4.33. The molecule has 1 fully saturated rings. The summed E-state index contributed by atoms with van der Waals surface area (Å²) in [6, 6.07) is 16.2. The first-order valence-electron chi connectivity index (χ1n) is 9.05. The van der Waals surface area contributed by atoms with Crippen LogP contribution in [-0.2, 0) is 9.59 Å². The number of imide groups is 1. The number of furan rings is 1. The van der Waals surface area contributed by atoms with Crippen molar-refractivity contribution in [1.29, 1.82) is 0 Å². The number of benzene rings is 2. The third kappa shape index (κ3) is 4.95. The summed E-state index contributed by atoms with van der Waals surface area (Å²) in [5.74, 6) is -0.539. The molecule has 0 atom stereocenters. The molecule has 1 aliphatic rings. The number of halogens is 2. The van der Waals surface area contributed by atoms with Crippen LogP contribution in [0, 0.1) is 5.82 Å². The number of rotatable bonds is 5. The molecule has 156 valence electrons. The first-order chi connectivity index (χ1) is 14.9. The number of hydrogen-bond donors (Lipinski definition) is 1. The van der Waals surface area contributed by atoms with Gasteiger partial charge in [-0.15, -0.1) is 0 Å². The van der Waals surface area contributed by atoms with E-state index in [4.69, 9.17) is 4.42 Å². The Kier molecular flexibility index (Phi) is 6.06. The molecule has 3 aromatic rings. The first kappa shape index (κ1) is 21.1. The lowest BCUT2D eigenvalue weighted by Gasteiger charge is -2.12. The number of anilines is 1. The maximum Gasteiger partial charge on any atom is 0.294 e. The molecule has 0 aliphatic carbocycles. The lowest BCUT2D eigenvalue weighted by atomic mass is 10.2. The average Bonchev–Trinajstić information content (AvgIpc) is 3.31. The molecule has 1 aliphatic heterocycles. The smallest absolute Gasteiger partial charge is 0.294 e. The molecular weight excluding hydrogens is 487 g/mol. The number of hydrogen-bond acceptors (Lipinski definition) is 5. The van der Waals surface area contributed by atoms with Crippen LogP contribution in [0.1, 0.15) is 5.76 Å². The monoisotopic (exact) mass is 500 g/mol. The van der Waals surface area contributed by atoms with Gasteiger partial charge >= 0.3 is 0 Å². The fraction of sp³-hybridized carbons (Fsp3) is 0.0455. The molecule has 6 nitrogen and oxygen atoms in total. The van der Waals surface area contributed by atoms with Crippen molar-refractivity contribution >= 4 is 56.5 Å². The lowest BCUT2D eigenvalue weighted by Crippen LogP contribution is -2.36. The van der Waals surface area contributed by atoms with Crippen LogP contribution >= 0.6 is 27.7 Å². The fourth-order valence-corrected chi connectivity index (χ4v) is 3.93. The van der Waals surface area contributed by atoms with Crippen LogP contribution in [0.4, 0.5) is 14.9 Å². The summed E-state index contributed by atoms with van der Waals surface area (Å²) in [4.78, 5) is 38.1. The third-order valence-corrected chi connectivity index (χ3v) is 5.77. The Balaban J connectivity index is 1.44. The molecule has 0 radical (unpaired) electrons. The molecule has 0 spiro atoms. The Hall–Kier alpha value is -3.17. The van der Waals surface area contributed by atoms with Crippen molar-refractivity contribution in [2.45, 2.75) is 0 Å². The average molecular weight is 501 g/mol. The largest absolute Gasteiger partial charge is 0.457 e. The highest BCUT2D eigenvalue weighted by Crippen LogP contribution is 2.33. The minimum Gasteiger partial charge on any atom is -0.457 e. The molecule has 3 amide bonds. The number of thioether (sulfide) groups is 1. The molecule has 1 aromatic heterocycles. The summed E-state index contributed by atoms with van der Waals surface area (Å²) < 4.78 is 19.7. The molecule has 1 saturated heterocycles. The lowest BCUT2D eigenvalue weighted by molar-refractivity contribution is -0.127. The SMILES string of the molecule is O=C(CN1C(=O)S/C(=C\c2ccc(-c3ccc(Br)cc3)o2)C1=O)Nc1ccc(F)cc1. The summed E-state index contributed by atoms with van der Waals surface area (Å²) in [5.41, 5.74) is 1.23. The summed E-state index contributed by atoms with van der Waals surface area (Å²) in [6.07, 6.45) is 1.48. The van der Waals surface area contributed by atoms with Gasteiger partial charge in [0.15, 0.2) is 0 Å². The minimum atomic E-state index is -0.578. The van der Waals surface area contributed by atoms with Crippen molar-refractivity contribution < 1.29 is 23.2 Å². The van der Waals surface area contributed by atoms with Crippen molar-refractivity contribution in [3.8, 4) is 11.3 Å². The Morgan fingerprint density at radius 3 is 2.48 bits per heavy atom. The standard InChI is InChI=1S/C22H14BrFN2O4S/c23-14-3-1-13(2-4-14)18-10-9-17(30-18)11-19-21(28)26(22(29)31-19)12-20(27)25-16-7-5-15(24)6-8-16/h1-11H,12H2,(H,25,27)/b19-11-. The summed E-state index contributed by atoms with van der Waals surface area (Å²) >= 11 is 4.11. The summed E-state index contributed by atoms with van der Waals surface area (Å²) in [6.45, 7) is -0.443. The van der Waals surface area contributed by atoms with E-state index in [9.17, 15) is 18.8 Å². The van der Waals surface area contributed by atoms with Gasteiger partial charge < -0.3 is 9.73 Å². The molecule has 9 heteroatoms. The minimum absolute atomic E-state index is 0.163. The Morgan fingerprint density at radius 1 is 1.06 bits per heavy atom. The van der Waals surface area contributed by atoms with E-state index in [0.717, 1.165) is 26.7 Å². The Bertz CT molecular complexity index is 1190. The van der Waals surface area contributed by atoms with Gasteiger partial charge in [0.05, 0.1) is 4.91 Å². The van der Waals surface area contributed by atoms with Crippen LogP contribution in [0.2, 0.25) is 0 Å². The van der Waals surface area contributed by atoms with Crippen LogP contribution in [0.15, 0.2) is 74.5 Å². The number of nitrogens with one attached hydrogen (secondary N) is 1. The molecular formula is C22H14BrFN2O4S. The van der Waals surface area contributed by atoms with Crippen molar-refractivity contribution in [2.24, 2.45) is 0 Å². The van der Waals surface area contributed by atoms with Crippen LogP contribution in [0.25, 0.3) is 17.4 Å². The van der Waals surface area contributed by atoms with Crippen LogP contribution in [-0.4, -0.2) is 28.5 Å². The normalized spacial score (nSPS) is 15.0. The van der Waals surface area contributed by atoms with Gasteiger partial charge in [-0.2, -0.15) is 0 Å². The topological polar surface area (TPSA) is 79.6 Å². The van der Waals surface area contributed by atoms with Gasteiger partial charge in [0.2, 0.25) is 5.91 Å². The number of carbonyl (C=O) groups excluding carboxylic acids is 3. The highest BCUT2D eigenvalue weighted by atomic mass is 79.9. The predicted molar refractivity (Wildman–Crippen MR) is 120 cm³/mol.